The van der Waals surface area contributed by atoms with Crippen LogP contribution in [0.2, 0.25) is 0 Å². The van der Waals surface area contributed by atoms with Crippen molar-refractivity contribution in [3.8, 4) is 0 Å². The molecule has 8 heteroatoms. The lowest BCUT2D eigenvalue weighted by atomic mass is 9.73. The fraction of sp³-hybridized carbons (Fsp3) is 0.438. The molecule has 1 saturated heterocycles. The van der Waals surface area contributed by atoms with Crippen LogP contribution in [0.15, 0.2) is 18.2 Å². The number of hydrogen-bond donors (Lipinski definition) is 1. The van der Waals surface area contributed by atoms with Gasteiger partial charge in [-0.05, 0) is 25.8 Å². The van der Waals surface area contributed by atoms with Gasteiger partial charge in [0.1, 0.15) is 17.5 Å². The molecule has 0 atom stereocenters. The van der Waals surface area contributed by atoms with E-state index in [1.165, 1.54) is 10.7 Å². The van der Waals surface area contributed by atoms with Crippen molar-refractivity contribution in [2.75, 3.05) is 18.5 Å². The van der Waals surface area contributed by atoms with Crippen molar-refractivity contribution in [1.82, 2.24) is 14.8 Å². The normalized spacial score (nSPS) is 16.8. The Hall–Kier alpha value is -2.35. The van der Waals surface area contributed by atoms with E-state index in [1.54, 1.807) is 14.0 Å². The van der Waals surface area contributed by atoms with Crippen molar-refractivity contribution in [2.24, 2.45) is 7.05 Å². The summed E-state index contributed by atoms with van der Waals surface area (Å²) in [4.78, 5) is 17.1. The van der Waals surface area contributed by atoms with Gasteiger partial charge >= 0.3 is 0 Å². The number of hydrogen-bond acceptors (Lipinski definition) is 4. The Balaban J connectivity index is 1.97. The highest BCUT2D eigenvalue weighted by atomic mass is 19.1. The molecule has 128 valence electrons. The fourth-order valence-corrected chi connectivity index (χ4v) is 2.95. The molecule has 1 aliphatic rings. The number of nitrogens with zero attached hydrogens (tertiary/aromatic N) is 3. The van der Waals surface area contributed by atoms with Crippen LogP contribution in [0.25, 0.3) is 0 Å². The van der Waals surface area contributed by atoms with Crippen LogP contribution in [0, 0.1) is 18.6 Å². The van der Waals surface area contributed by atoms with E-state index in [2.05, 4.69) is 15.4 Å². The predicted octanol–water partition coefficient (Wildman–Crippen LogP) is 2.09. The predicted molar refractivity (Wildman–Crippen MR) is 82.5 cm³/mol. The minimum absolute atomic E-state index is 0.161. The number of carbonyl (C=O) groups excluding carboxylic acids is 1. The maximum absolute atomic E-state index is 14.4. The lowest BCUT2D eigenvalue weighted by molar-refractivity contribution is -0.125. The standard InChI is InChI=1S/C16H18F2N4O2/c1-10-19-15(21-22(10)2)20-14(23)16(5-7-24-8-6-16)12-4-3-11(17)9-13(12)18/h3-4,9H,5-8H2,1-2H3,(H,20,21,23). The van der Waals surface area contributed by atoms with Crippen LogP contribution in [0.5, 0.6) is 0 Å². The van der Waals surface area contributed by atoms with Crippen LogP contribution < -0.4 is 5.32 Å². The molecule has 2 aromatic rings. The third kappa shape index (κ3) is 2.89. The molecule has 6 nitrogen and oxygen atoms in total. The number of ether oxygens (including phenoxy) is 1. The molecule has 1 aromatic heterocycles. The molecule has 1 fully saturated rings. The molecule has 1 aliphatic heterocycles. The minimum Gasteiger partial charge on any atom is -0.381 e. The zero-order valence-electron chi connectivity index (χ0n) is 13.5. The molecular formula is C16H18F2N4O2. The second-order valence-electron chi connectivity index (χ2n) is 5.88. The quantitative estimate of drug-likeness (QED) is 0.932. The van der Waals surface area contributed by atoms with Crippen molar-refractivity contribution in [3.05, 3.63) is 41.2 Å². The third-order valence-corrected chi connectivity index (χ3v) is 4.43. The van der Waals surface area contributed by atoms with Gasteiger partial charge in [-0.2, -0.15) is 4.98 Å². The number of carbonyl (C=O) groups is 1. The Morgan fingerprint density at radius 1 is 1.33 bits per heavy atom. The second-order valence-corrected chi connectivity index (χ2v) is 5.88. The number of benzene rings is 1. The van der Waals surface area contributed by atoms with Gasteiger partial charge in [0, 0.05) is 31.9 Å². The number of amides is 1. The Morgan fingerprint density at radius 3 is 2.62 bits per heavy atom. The smallest absolute Gasteiger partial charge is 0.248 e. The summed E-state index contributed by atoms with van der Waals surface area (Å²) in [5, 5.41) is 6.75. The average Bonchev–Trinajstić information content (AvgIpc) is 2.85. The van der Waals surface area contributed by atoms with Crippen molar-refractivity contribution in [2.45, 2.75) is 25.2 Å². The summed E-state index contributed by atoms with van der Waals surface area (Å²) < 4.78 is 34.5. The summed E-state index contributed by atoms with van der Waals surface area (Å²) in [7, 11) is 1.71. The monoisotopic (exact) mass is 336 g/mol. The van der Waals surface area contributed by atoms with Gasteiger partial charge in [-0.25, -0.2) is 8.78 Å². The summed E-state index contributed by atoms with van der Waals surface area (Å²) in [6, 6.07) is 3.28. The number of aromatic nitrogens is 3. The van der Waals surface area contributed by atoms with E-state index >= 15 is 0 Å². The molecule has 3 rings (SSSR count). The van der Waals surface area contributed by atoms with E-state index in [-0.39, 0.29) is 11.5 Å². The zero-order valence-corrected chi connectivity index (χ0v) is 13.5. The van der Waals surface area contributed by atoms with Gasteiger partial charge in [-0.15, -0.1) is 5.10 Å². The van der Waals surface area contributed by atoms with E-state index < -0.39 is 23.0 Å². The van der Waals surface area contributed by atoms with E-state index in [0.29, 0.717) is 31.9 Å². The molecule has 1 aromatic carbocycles. The molecule has 0 bridgehead atoms. The van der Waals surface area contributed by atoms with Crippen molar-refractivity contribution < 1.29 is 18.3 Å². The molecule has 1 amide bonds. The zero-order chi connectivity index (χ0) is 17.3. The number of rotatable bonds is 3. The van der Waals surface area contributed by atoms with Gasteiger partial charge in [0.25, 0.3) is 0 Å². The third-order valence-electron chi connectivity index (χ3n) is 4.43. The van der Waals surface area contributed by atoms with Crippen LogP contribution in [0.1, 0.15) is 24.2 Å². The Kier molecular flexibility index (Phi) is 4.31. The summed E-state index contributed by atoms with van der Waals surface area (Å²) in [5.74, 6) is -1.03. The molecule has 0 aliphatic carbocycles. The molecule has 0 radical (unpaired) electrons. The first-order valence-electron chi connectivity index (χ1n) is 7.65. The highest BCUT2D eigenvalue weighted by Crippen LogP contribution is 2.37. The maximum Gasteiger partial charge on any atom is 0.248 e. The molecule has 0 spiro atoms. The van der Waals surface area contributed by atoms with E-state index in [0.717, 1.165) is 12.1 Å². The van der Waals surface area contributed by atoms with E-state index in [9.17, 15) is 13.6 Å². The van der Waals surface area contributed by atoms with Gasteiger partial charge in [-0.3, -0.25) is 14.8 Å². The highest BCUT2D eigenvalue weighted by molar-refractivity contribution is 5.98. The van der Waals surface area contributed by atoms with Crippen LogP contribution in [0.4, 0.5) is 14.7 Å². The summed E-state index contributed by atoms with van der Waals surface area (Å²) >= 11 is 0. The Labute approximate surface area is 137 Å². The SMILES string of the molecule is Cc1nc(NC(=O)C2(c3ccc(F)cc3F)CCOCC2)nn1C. The summed E-state index contributed by atoms with van der Waals surface area (Å²) in [5.41, 5.74) is -0.972. The van der Waals surface area contributed by atoms with Gasteiger partial charge < -0.3 is 4.74 Å². The lowest BCUT2D eigenvalue weighted by Gasteiger charge is -2.36. The fourth-order valence-electron chi connectivity index (χ4n) is 2.95. The number of aryl methyl sites for hydroxylation is 2. The van der Waals surface area contributed by atoms with Crippen LogP contribution in [-0.2, 0) is 22.0 Å². The highest BCUT2D eigenvalue weighted by Gasteiger charge is 2.44. The first kappa shape index (κ1) is 16.5. The molecule has 0 unspecified atom stereocenters. The van der Waals surface area contributed by atoms with Gasteiger partial charge in [0.2, 0.25) is 11.9 Å². The molecule has 24 heavy (non-hydrogen) atoms. The van der Waals surface area contributed by atoms with Crippen molar-refractivity contribution in [3.63, 3.8) is 0 Å². The van der Waals surface area contributed by atoms with Crippen molar-refractivity contribution in [1.29, 1.82) is 0 Å². The van der Waals surface area contributed by atoms with E-state index in [1.807, 2.05) is 0 Å². The maximum atomic E-state index is 14.4. The Morgan fingerprint density at radius 2 is 2.04 bits per heavy atom. The summed E-state index contributed by atoms with van der Waals surface area (Å²) in [6.07, 6.45) is 0.598. The first-order valence-corrected chi connectivity index (χ1v) is 7.65. The average molecular weight is 336 g/mol. The van der Waals surface area contributed by atoms with Crippen LogP contribution in [0.3, 0.4) is 0 Å². The molecular weight excluding hydrogens is 318 g/mol. The number of nitrogens with one attached hydrogen (secondary N) is 1. The summed E-state index contributed by atoms with van der Waals surface area (Å²) in [6.45, 7) is 2.39. The van der Waals surface area contributed by atoms with Gasteiger partial charge in [-0.1, -0.05) is 6.07 Å². The molecule has 1 N–H and O–H groups in total. The second kappa shape index (κ2) is 6.27. The van der Waals surface area contributed by atoms with E-state index in [4.69, 9.17) is 4.74 Å². The largest absolute Gasteiger partial charge is 0.381 e. The number of halogens is 2. The Bertz CT molecular complexity index is 750. The van der Waals surface area contributed by atoms with Crippen molar-refractivity contribution >= 4 is 11.9 Å². The van der Waals surface area contributed by atoms with Gasteiger partial charge in [0.05, 0.1) is 5.41 Å². The molecule has 0 saturated carbocycles. The number of anilines is 1. The topological polar surface area (TPSA) is 69.0 Å². The van der Waals surface area contributed by atoms with Gasteiger partial charge in [0.15, 0.2) is 0 Å². The minimum atomic E-state index is -1.14. The first-order chi connectivity index (χ1) is 11.4. The lowest BCUT2D eigenvalue weighted by Crippen LogP contribution is -2.45. The van der Waals surface area contributed by atoms with Crippen LogP contribution >= 0.6 is 0 Å². The molecule has 2 heterocycles. The van der Waals surface area contributed by atoms with Crippen LogP contribution in [-0.4, -0.2) is 33.9 Å².